The lowest BCUT2D eigenvalue weighted by atomic mass is 9.79. The Morgan fingerprint density at radius 2 is 0.787 bits per heavy atom. The smallest absolute Gasteiger partial charge is 0.328 e. The van der Waals surface area contributed by atoms with Crippen LogP contribution in [0.25, 0.3) is 0 Å². The minimum Gasteiger partial charge on any atom is -0.481 e. The van der Waals surface area contributed by atoms with Gasteiger partial charge in [-0.1, -0.05) is 14.0 Å². The number of carbonyl (C=O) groups is 7. The number of hydrogen-bond acceptors (Lipinski definition) is 17. The van der Waals surface area contributed by atoms with Crippen molar-refractivity contribution >= 4 is 427 Å². The van der Waals surface area contributed by atoms with Crippen molar-refractivity contribution in [1.82, 2.24) is 5.43 Å². The van der Waals surface area contributed by atoms with E-state index < -0.39 is 26.8 Å². The predicted molar refractivity (Wildman–Crippen MR) is 720 cm³/mol. The highest BCUT2D eigenvalue weighted by atomic mass is 33.5. The third-order valence-electron chi connectivity index (χ3n) is 22.4. The quantitative estimate of drug-likeness (QED) is 0.0206. The van der Waals surface area contributed by atoms with E-state index in [0.29, 0.717) is 66.9 Å². The van der Waals surface area contributed by atoms with Crippen molar-refractivity contribution in [1.29, 1.82) is 1.28 Å². The second-order valence-electron chi connectivity index (χ2n) is 31.5. The fourth-order valence-corrected chi connectivity index (χ4v) is 594. The van der Waals surface area contributed by atoms with Gasteiger partial charge >= 0.3 is 11.9 Å². The highest BCUT2D eigenvalue weighted by molar-refractivity contribution is 9.45. The maximum atomic E-state index is 12.3. The average Bonchev–Trinajstić information content (AvgIpc) is 0.746. The van der Waals surface area contributed by atoms with Gasteiger partial charge in [0.1, 0.15) is 0 Å². The molecule has 0 bridgehead atoms. The number of allylic oxidation sites excluding steroid dienone is 1. The van der Waals surface area contributed by atoms with E-state index in [0.717, 1.165) is 215 Å². The fraction of sp³-hybridized carbons (Fsp3) is 0.444. The van der Waals surface area contributed by atoms with E-state index in [4.69, 9.17) is 34.9 Å². The summed E-state index contributed by atoms with van der Waals surface area (Å²) in [5.41, 5.74) is 25.3. The second-order valence-corrected chi connectivity index (χ2v) is 208. The number of carboxylic acid groups (broad SMARTS) is 2. The van der Waals surface area contributed by atoms with Gasteiger partial charge < -0.3 is 54.5 Å². The molecule has 1 amide bonds. The second kappa shape index (κ2) is 65.9. The van der Waals surface area contributed by atoms with E-state index >= 15 is 0 Å². The number of nitrogens with two attached hydrogens (primary N) is 1. The normalized spacial score (nSPS) is 20.0. The highest BCUT2D eigenvalue weighted by Gasteiger charge is 2.52. The maximum Gasteiger partial charge on any atom is 0.328 e. The Bertz CT molecular complexity index is 4880. The fourth-order valence-electron chi connectivity index (χ4n) is 16.2. The van der Waals surface area contributed by atoms with Crippen LogP contribution in [0.1, 0.15) is 133 Å². The summed E-state index contributed by atoms with van der Waals surface area (Å²) in [6, 6.07) is 30.1. The molecule has 0 spiro atoms. The molecular weight excluding hydrogens is 2530 g/mol. The third kappa shape index (κ3) is 38.6. The molecule has 64 heteroatoms. The largest absolute Gasteiger partial charge is 0.481 e. The molecule has 0 aromatic heterocycles. The maximum absolute atomic E-state index is 12.3. The number of benzene rings is 5. The summed E-state index contributed by atoms with van der Waals surface area (Å²) >= 11 is 0. The topological polar surface area (TPSA) is 260 Å². The van der Waals surface area contributed by atoms with Crippen LogP contribution in [-0.2, 0) is 65.4 Å². The average molecular weight is 2670 g/mol. The molecular formula is C72H129N7O13P44. The molecule has 5 heterocycles. The number of morpholine rings is 4. The van der Waals surface area contributed by atoms with Crippen molar-refractivity contribution in [2.45, 2.75) is 89.9 Å². The van der Waals surface area contributed by atoms with Crippen LogP contribution < -0.4 is 30.8 Å². The van der Waals surface area contributed by atoms with Gasteiger partial charge in [-0.3, -0.25) is 28.8 Å². The lowest BCUT2D eigenvalue weighted by Gasteiger charge is -2.53. The number of hydrazone groups is 1. The number of carboxylic acids is 2. The van der Waals surface area contributed by atoms with Gasteiger partial charge in [-0.05, 0) is 325 Å². The van der Waals surface area contributed by atoms with Crippen molar-refractivity contribution in [3.05, 3.63) is 158 Å². The van der Waals surface area contributed by atoms with Crippen molar-refractivity contribution in [3.63, 3.8) is 0 Å². The molecule has 10 aliphatic rings. The monoisotopic (exact) mass is 2660 g/mol. The number of rotatable bonds is 28. The predicted octanol–water partition coefficient (Wildman–Crippen LogP) is 34.1. The number of amides is 1. The van der Waals surface area contributed by atoms with Crippen molar-refractivity contribution < 1.29 is 62.7 Å². The molecule has 5 N–H and O–H groups in total. The van der Waals surface area contributed by atoms with Crippen molar-refractivity contribution in [2.24, 2.45) is 16.9 Å². The van der Waals surface area contributed by atoms with E-state index in [1.165, 1.54) is 28.1 Å². The Hall–Kier alpha value is 10.4. The summed E-state index contributed by atoms with van der Waals surface area (Å²) < 4.78 is 32.7. The Balaban J connectivity index is 0.000000178. The number of hydrogen-bond donors (Lipinski definition) is 4. The summed E-state index contributed by atoms with van der Waals surface area (Å²) in [5.74, 6) is -1.62. The number of carbonyl (C=O) groups excluding carboxylic acids is 5. The number of aliphatic carboxylic acids is 2. The first-order valence-electron chi connectivity index (χ1n) is 43.0. The van der Waals surface area contributed by atoms with Gasteiger partial charge in [-0.15, -0.1) is 196 Å². The highest BCUT2D eigenvalue weighted by Crippen LogP contribution is 3.40. The molecule has 29 atom stereocenters. The number of ether oxygens (including phenoxy) is 4. The molecule has 4 fully saturated rings. The van der Waals surface area contributed by atoms with Gasteiger partial charge in [-0.25, -0.2) is 10.2 Å². The zero-order valence-corrected chi connectivity index (χ0v) is 120. The number of nitrogens with one attached hydrogen (secondary N) is 1. The van der Waals surface area contributed by atoms with Crippen molar-refractivity contribution in [3.8, 4) is 0 Å². The van der Waals surface area contributed by atoms with Gasteiger partial charge in [-0.2, -0.15) is 5.10 Å². The molecule has 15 rings (SSSR count). The molecule has 0 radical (unpaired) electrons. The van der Waals surface area contributed by atoms with Gasteiger partial charge in [0.05, 0.1) is 66.3 Å². The van der Waals surface area contributed by atoms with Crippen LogP contribution in [0.3, 0.4) is 0 Å². The first-order chi connectivity index (χ1) is 65.2. The molecule has 5 aliphatic carbocycles. The molecule has 5 aromatic carbocycles. The Labute approximate surface area is 883 Å². The summed E-state index contributed by atoms with van der Waals surface area (Å²) in [5, 5.41) is 22.0. The van der Waals surface area contributed by atoms with Crippen molar-refractivity contribution in [2.75, 3.05) is 131 Å². The first-order valence-corrected chi connectivity index (χ1v) is 122. The van der Waals surface area contributed by atoms with Crippen LogP contribution in [0.4, 0.5) is 28.4 Å². The minimum absolute atomic E-state index is 0.0211. The van der Waals surface area contributed by atoms with E-state index in [2.05, 4.69) is 269 Å². The summed E-state index contributed by atoms with van der Waals surface area (Å²) in [7, 11) is 73.6. The Kier molecular flexibility index (Phi) is 61.3. The van der Waals surface area contributed by atoms with Crippen LogP contribution in [0.2, 0.25) is 0 Å². The third-order valence-corrected chi connectivity index (χ3v) is 316. The first kappa shape index (κ1) is 126. The van der Waals surface area contributed by atoms with E-state index in [9.17, 15) is 34.8 Å². The van der Waals surface area contributed by atoms with Gasteiger partial charge in [0.15, 0.2) is 23.1 Å². The molecule has 750 valence electrons. The van der Waals surface area contributed by atoms with Crippen LogP contribution >= 0.6 is 352 Å². The zero-order chi connectivity index (χ0) is 99.9. The molecule has 29 unspecified atom stereocenters. The summed E-state index contributed by atoms with van der Waals surface area (Å²) in [6.45, 7) is 8.82. The molecule has 5 aromatic rings. The molecule has 4 saturated heterocycles. The Morgan fingerprint density at radius 1 is 0.434 bits per heavy atom. The van der Waals surface area contributed by atoms with Gasteiger partial charge in [0, 0.05) is 151 Å². The van der Waals surface area contributed by atoms with Gasteiger partial charge in [0.2, 0.25) is 5.91 Å². The lowest BCUT2D eigenvalue weighted by molar-refractivity contribution is -0.138. The van der Waals surface area contributed by atoms with Crippen LogP contribution in [0.5, 0.6) is 0 Å². The Morgan fingerprint density at radius 3 is 1.19 bits per heavy atom. The summed E-state index contributed by atoms with van der Waals surface area (Å²) in [6.07, 6.45) is 11.6. The molecule has 5 aliphatic heterocycles. The molecule has 0 saturated carbocycles. The number of fused-ring (bicyclic) bond motifs is 7. The molecule has 136 heavy (non-hydrogen) atoms. The van der Waals surface area contributed by atoms with Crippen LogP contribution in [-0.4, -0.2) is 163 Å². The summed E-state index contributed by atoms with van der Waals surface area (Å²) in [4.78, 5) is 89.9. The van der Waals surface area contributed by atoms with E-state index in [1.807, 2.05) is 42.5 Å². The van der Waals surface area contributed by atoms with E-state index in [1.54, 1.807) is 6.07 Å². The zero-order valence-electron chi connectivity index (χ0n) is 75.9. The number of Topliss-reactive ketones (excluding diaryl/α,β-unsaturated/α-hetero) is 4. The van der Waals surface area contributed by atoms with E-state index in [-0.39, 0.29) is 168 Å². The minimum atomic E-state index is -1.06. The standard InChI is InChI=1S/C16H19N3O2.C16H19NO4.C16H17NO4.C14H17NO2.C10H11NO.H46P44/c20-15-10-12-2-1-11-9-13(19-5-7-21-8-6-19)3-4-14(11)16(12)18-17-15;2*18-15(19)10-12-2-1-11-9-13(3-4-14(11)16(12)20)17-5-7-21-8-6-17;16-14-3-1-2-11-10-12(4-5-13(11)14)15-6-8-17-9-7-15;11-8-4-5-9-7(6-8)2-1-3-10(9)12;1-23-35(22)43(40(29(10)11)30(12)13)37(44(41(31(14)15)32(16)17)42(33(18)19)34(20)21)24-36(38(25(2)3)26(4)5)39(27(6)7)28(8)9/h3-4,9,12H,1-2,5-8,10H2,(H,17,20);3-4,9,12H,1-2,5-8,10H2,(H,18,19);3-4,9-10H,1-2,5-8H2,(H,18,19);4-5,10H,1-3,6-9H2;4-6H,1-3,11H2;23-24H,1-22H2/i;;;;;24T. The van der Waals surface area contributed by atoms with Crippen LogP contribution in [0, 0.1) is 11.8 Å². The number of aryl methyl sites for hydroxylation is 5. The number of nitrogens with zero attached hydrogens (tertiary/aromatic N) is 5. The lowest BCUT2D eigenvalue weighted by Crippen LogP contribution is -2.37. The number of nitrogen functional groups attached to an aromatic ring is 1. The van der Waals surface area contributed by atoms with Crippen LogP contribution in [0.15, 0.2) is 108 Å². The molecule has 20 nitrogen and oxygen atoms in total. The SMILES string of the molecule is Nc1ccc2c(c1)CCCC2=O.O=C(O)C=C1CCc2cc(N3CCOCC3)ccc2C1=O.O=C(O)CC1CCc2cc(N3CCOCC3)ccc2C1=O.O=C1CC2CCc3cc(N4CCOCC4)ccc3C2=NN1.O=C1CCCc2cc(N3CCOCC3)ccc21.[3H]P(P(P(P(P)P)P(P)P)P(P(P)P)P(P)P)P(P(P(P)PP)P(P(P)P)P(P)P)P(P(P(P)P)P(P)P)P(P(P)P)P(P)P. The number of anilines is 5. The van der Waals surface area contributed by atoms with Gasteiger partial charge in [0.25, 0.3) is 0 Å². The number of ketones is 4.